The topological polar surface area (TPSA) is 46.2 Å². The van der Waals surface area contributed by atoms with Crippen molar-refractivity contribution >= 4 is 11.7 Å². The molecular formula is C14H17NO2. The minimum atomic E-state index is -0.595. The summed E-state index contributed by atoms with van der Waals surface area (Å²) in [5.41, 5.74) is 1.56. The third kappa shape index (κ3) is 3.55. The van der Waals surface area contributed by atoms with Crippen LogP contribution in [0.4, 0.5) is 0 Å². The predicted octanol–water partition coefficient (Wildman–Crippen LogP) is 2.29. The van der Waals surface area contributed by atoms with Crippen LogP contribution in [0.25, 0.3) is 0 Å². The number of nitrogens with one attached hydrogen (secondary N) is 1. The molecule has 0 saturated carbocycles. The smallest absolute Gasteiger partial charge is 0.292 e. The number of hydrogen-bond donors (Lipinski definition) is 1. The Hall–Kier alpha value is -1.90. The Balaban J connectivity index is 2.76. The second-order valence-corrected chi connectivity index (χ2v) is 4.10. The molecule has 0 bridgehead atoms. The van der Waals surface area contributed by atoms with Crippen molar-refractivity contribution in [3.63, 3.8) is 0 Å². The molecule has 1 rings (SSSR count). The van der Waals surface area contributed by atoms with Crippen LogP contribution >= 0.6 is 0 Å². The number of benzene rings is 1. The Morgan fingerprint density at radius 1 is 1.29 bits per heavy atom. The van der Waals surface area contributed by atoms with Crippen LogP contribution in [0, 0.1) is 0 Å². The van der Waals surface area contributed by atoms with Gasteiger partial charge in [0.1, 0.15) is 0 Å². The molecule has 1 amide bonds. The zero-order valence-electron chi connectivity index (χ0n) is 10.2. The number of amides is 1. The van der Waals surface area contributed by atoms with E-state index in [0.717, 1.165) is 5.56 Å². The molecule has 0 spiro atoms. The van der Waals surface area contributed by atoms with Crippen LogP contribution in [0.5, 0.6) is 0 Å². The summed E-state index contributed by atoms with van der Waals surface area (Å²) in [6.07, 6.45) is 1.53. The van der Waals surface area contributed by atoms with Crippen LogP contribution in [-0.4, -0.2) is 18.2 Å². The molecule has 0 aliphatic carbocycles. The van der Waals surface area contributed by atoms with Crippen LogP contribution in [0.3, 0.4) is 0 Å². The molecule has 17 heavy (non-hydrogen) atoms. The summed E-state index contributed by atoms with van der Waals surface area (Å²) in [6.45, 7) is 7.92. The van der Waals surface area contributed by atoms with E-state index in [0.29, 0.717) is 18.0 Å². The number of Topliss-reactive ketones (excluding diaryl/α,β-unsaturated/α-hetero) is 1. The first kappa shape index (κ1) is 13.2. The quantitative estimate of drug-likeness (QED) is 0.480. The first-order valence-electron chi connectivity index (χ1n) is 5.59. The van der Waals surface area contributed by atoms with Gasteiger partial charge in [0.15, 0.2) is 0 Å². The van der Waals surface area contributed by atoms with E-state index < -0.39 is 11.7 Å². The van der Waals surface area contributed by atoms with E-state index in [-0.39, 0.29) is 0 Å². The third-order valence-electron chi connectivity index (χ3n) is 2.45. The van der Waals surface area contributed by atoms with Gasteiger partial charge in [-0.1, -0.05) is 44.2 Å². The average molecular weight is 231 g/mol. The number of rotatable bonds is 5. The number of carbonyl (C=O) groups excluding carboxylic acids is 2. The highest BCUT2D eigenvalue weighted by Crippen LogP contribution is 2.14. The Morgan fingerprint density at radius 2 is 1.88 bits per heavy atom. The fourth-order valence-corrected chi connectivity index (χ4v) is 1.40. The summed E-state index contributed by atoms with van der Waals surface area (Å²) in [6, 6.07) is 7.12. The first-order chi connectivity index (χ1) is 8.06. The predicted molar refractivity (Wildman–Crippen MR) is 68.1 cm³/mol. The molecule has 1 aromatic carbocycles. The summed E-state index contributed by atoms with van der Waals surface area (Å²) in [5.74, 6) is -0.696. The van der Waals surface area contributed by atoms with E-state index in [1.54, 1.807) is 12.1 Å². The Bertz CT molecular complexity index is 418. The van der Waals surface area contributed by atoms with Crippen molar-refractivity contribution in [1.29, 1.82) is 0 Å². The maximum Gasteiger partial charge on any atom is 0.292 e. The second kappa shape index (κ2) is 5.99. The summed E-state index contributed by atoms with van der Waals surface area (Å²) in [5, 5.41) is 2.46. The Kier molecular flexibility index (Phi) is 4.64. The van der Waals surface area contributed by atoms with E-state index in [1.807, 2.05) is 12.1 Å². The van der Waals surface area contributed by atoms with Gasteiger partial charge in [-0.05, 0) is 11.5 Å². The number of ketones is 1. The molecule has 1 aromatic rings. The third-order valence-corrected chi connectivity index (χ3v) is 2.45. The summed E-state index contributed by atoms with van der Waals surface area (Å²) in [4.78, 5) is 23.1. The molecule has 3 nitrogen and oxygen atoms in total. The van der Waals surface area contributed by atoms with Crippen molar-refractivity contribution in [1.82, 2.24) is 5.32 Å². The van der Waals surface area contributed by atoms with Gasteiger partial charge in [0, 0.05) is 12.1 Å². The van der Waals surface area contributed by atoms with Crippen LogP contribution < -0.4 is 5.32 Å². The lowest BCUT2D eigenvalue weighted by molar-refractivity contribution is -0.116. The molecule has 0 radical (unpaired) electrons. The van der Waals surface area contributed by atoms with Crippen molar-refractivity contribution in [2.24, 2.45) is 0 Å². The highest BCUT2D eigenvalue weighted by Gasteiger charge is 2.14. The summed E-state index contributed by atoms with van der Waals surface area (Å²) < 4.78 is 0. The van der Waals surface area contributed by atoms with E-state index in [4.69, 9.17) is 0 Å². The van der Waals surface area contributed by atoms with Crippen LogP contribution in [0.2, 0.25) is 0 Å². The van der Waals surface area contributed by atoms with Gasteiger partial charge in [-0.2, -0.15) is 0 Å². The lowest BCUT2D eigenvalue weighted by Crippen LogP contribution is -2.31. The number of carbonyl (C=O) groups is 2. The Morgan fingerprint density at radius 3 is 2.35 bits per heavy atom. The normalized spacial score (nSPS) is 10.1. The Labute approximate surface area is 102 Å². The molecule has 0 atom stereocenters. The molecule has 1 N–H and O–H groups in total. The van der Waals surface area contributed by atoms with E-state index >= 15 is 0 Å². The van der Waals surface area contributed by atoms with E-state index in [9.17, 15) is 9.59 Å². The highest BCUT2D eigenvalue weighted by molar-refractivity contribution is 6.42. The zero-order chi connectivity index (χ0) is 12.8. The lowest BCUT2D eigenvalue weighted by Gasteiger charge is -2.06. The van der Waals surface area contributed by atoms with Gasteiger partial charge >= 0.3 is 0 Å². The maximum absolute atomic E-state index is 11.7. The first-order valence-corrected chi connectivity index (χ1v) is 5.59. The van der Waals surface area contributed by atoms with Crippen LogP contribution in [0.15, 0.2) is 36.9 Å². The van der Waals surface area contributed by atoms with Crippen molar-refractivity contribution in [2.75, 3.05) is 6.54 Å². The van der Waals surface area contributed by atoms with Crippen molar-refractivity contribution in [3.05, 3.63) is 48.0 Å². The second-order valence-electron chi connectivity index (χ2n) is 4.10. The molecule has 0 aromatic heterocycles. The monoisotopic (exact) mass is 231 g/mol. The van der Waals surface area contributed by atoms with Gasteiger partial charge in [-0.15, -0.1) is 6.58 Å². The van der Waals surface area contributed by atoms with Crippen molar-refractivity contribution < 1.29 is 9.59 Å². The molecule has 90 valence electrons. The zero-order valence-corrected chi connectivity index (χ0v) is 10.2. The highest BCUT2D eigenvalue weighted by atomic mass is 16.2. The average Bonchev–Trinajstić information content (AvgIpc) is 2.35. The van der Waals surface area contributed by atoms with Crippen LogP contribution in [-0.2, 0) is 4.79 Å². The molecule has 0 heterocycles. The van der Waals surface area contributed by atoms with Crippen molar-refractivity contribution in [3.8, 4) is 0 Å². The fourth-order valence-electron chi connectivity index (χ4n) is 1.40. The summed E-state index contributed by atoms with van der Waals surface area (Å²) in [7, 11) is 0. The molecule has 0 aliphatic heterocycles. The molecule has 0 unspecified atom stereocenters. The molecule has 0 aliphatic rings. The van der Waals surface area contributed by atoms with Gasteiger partial charge in [0.05, 0.1) is 0 Å². The van der Waals surface area contributed by atoms with E-state index in [1.165, 1.54) is 6.08 Å². The summed E-state index contributed by atoms with van der Waals surface area (Å²) >= 11 is 0. The SMILES string of the molecule is C=CCNC(=O)C(=O)c1ccc(C(C)C)cc1. The molecular weight excluding hydrogens is 214 g/mol. The minimum absolute atomic E-state index is 0.300. The molecule has 0 fully saturated rings. The molecule has 3 heteroatoms. The van der Waals surface area contributed by atoms with Gasteiger partial charge in [0.2, 0.25) is 5.78 Å². The minimum Gasteiger partial charge on any atom is -0.346 e. The van der Waals surface area contributed by atoms with Gasteiger partial charge < -0.3 is 5.32 Å². The van der Waals surface area contributed by atoms with Gasteiger partial charge in [-0.25, -0.2) is 0 Å². The maximum atomic E-state index is 11.7. The van der Waals surface area contributed by atoms with E-state index in [2.05, 4.69) is 25.7 Å². The number of hydrogen-bond acceptors (Lipinski definition) is 2. The van der Waals surface area contributed by atoms with Crippen LogP contribution in [0.1, 0.15) is 35.7 Å². The fraction of sp³-hybridized carbons (Fsp3) is 0.286. The largest absolute Gasteiger partial charge is 0.346 e. The molecule has 0 saturated heterocycles. The lowest BCUT2D eigenvalue weighted by atomic mass is 10.0. The van der Waals surface area contributed by atoms with Gasteiger partial charge in [-0.3, -0.25) is 9.59 Å². The standard InChI is InChI=1S/C14H17NO2/c1-4-9-15-14(17)13(16)12-7-5-11(6-8-12)10(2)3/h4-8,10H,1,9H2,2-3H3,(H,15,17). The van der Waals surface area contributed by atoms with Crippen molar-refractivity contribution in [2.45, 2.75) is 19.8 Å². The van der Waals surface area contributed by atoms with Gasteiger partial charge in [0.25, 0.3) is 5.91 Å².